The topological polar surface area (TPSA) is 107 Å². The lowest BCUT2D eigenvalue weighted by molar-refractivity contribution is 0.433. The summed E-state index contributed by atoms with van der Waals surface area (Å²) in [5, 5.41) is 0. The van der Waals surface area contributed by atoms with Gasteiger partial charge in [0, 0.05) is 0 Å². The molecule has 1 aromatic carbocycles. The molecule has 2 rings (SSSR count). The molecule has 0 spiro atoms. The second-order valence-electron chi connectivity index (χ2n) is 3.09. The molecule has 1 aliphatic rings. The first-order valence-electron chi connectivity index (χ1n) is 3.96. The van der Waals surface area contributed by atoms with Crippen molar-refractivity contribution in [3.63, 3.8) is 0 Å². The smallest absolute Gasteiger partial charge is 0.348 e. The first kappa shape index (κ1) is 11.2. The summed E-state index contributed by atoms with van der Waals surface area (Å²) in [6.07, 6.45) is 0. The largest absolute Gasteiger partial charge is 0.501 e. The Bertz CT molecular complexity index is 656. The number of rotatable bonds is 1. The fourth-order valence-electron chi connectivity index (χ4n) is 1.25. The first-order chi connectivity index (χ1) is 7.21. The van der Waals surface area contributed by atoms with Crippen molar-refractivity contribution >= 4 is 20.5 Å². The number of hydrogen-bond acceptors (Lipinski definition) is 6. The molecule has 0 bridgehead atoms. The van der Waals surface area contributed by atoms with Gasteiger partial charge in [0.2, 0.25) is 5.75 Å². The van der Waals surface area contributed by atoms with E-state index in [1.165, 1.54) is 13.0 Å². The van der Waals surface area contributed by atoms with Gasteiger partial charge in [-0.05, 0) is 18.6 Å². The van der Waals surface area contributed by atoms with E-state index >= 15 is 0 Å². The van der Waals surface area contributed by atoms with Crippen LogP contribution in [-0.2, 0) is 20.5 Å². The molecule has 88 valence electrons. The summed E-state index contributed by atoms with van der Waals surface area (Å²) < 4.78 is 61.5. The molecule has 9 heteroatoms. The second kappa shape index (κ2) is 3.09. The van der Waals surface area contributed by atoms with Gasteiger partial charge in [-0.3, -0.25) is 4.55 Å². The van der Waals surface area contributed by atoms with Gasteiger partial charge in [-0.25, -0.2) is 0 Å². The van der Waals surface area contributed by atoms with Crippen molar-refractivity contribution in [3.8, 4) is 11.5 Å². The highest BCUT2D eigenvalue weighted by Gasteiger charge is 2.35. The fourth-order valence-corrected chi connectivity index (χ4v) is 2.73. The Morgan fingerprint density at radius 1 is 1.19 bits per heavy atom. The summed E-state index contributed by atoms with van der Waals surface area (Å²) >= 11 is 0. The molecular weight excluding hydrogens is 260 g/mol. The summed E-state index contributed by atoms with van der Waals surface area (Å²) in [5.74, 6) is -0.738. The maximum Gasteiger partial charge on any atom is 0.501 e. The number of aryl methyl sites for hydroxylation is 1. The molecule has 0 saturated heterocycles. The van der Waals surface area contributed by atoms with Gasteiger partial charge < -0.3 is 8.37 Å². The van der Waals surface area contributed by atoms with E-state index in [0.717, 1.165) is 6.07 Å². The van der Waals surface area contributed by atoms with Crippen molar-refractivity contribution in [2.75, 3.05) is 0 Å². The van der Waals surface area contributed by atoms with E-state index in [9.17, 15) is 16.8 Å². The normalized spacial score (nSPS) is 17.4. The van der Waals surface area contributed by atoms with Gasteiger partial charge in [0.05, 0.1) is 0 Å². The van der Waals surface area contributed by atoms with Crippen LogP contribution >= 0.6 is 0 Å². The molecule has 1 heterocycles. The summed E-state index contributed by atoms with van der Waals surface area (Å²) in [4.78, 5) is -0.644. The van der Waals surface area contributed by atoms with Crippen LogP contribution in [0.4, 0.5) is 0 Å². The molecule has 0 atom stereocenters. The van der Waals surface area contributed by atoms with Gasteiger partial charge >= 0.3 is 10.4 Å². The summed E-state index contributed by atoms with van der Waals surface area (Å²) in [5.41, 5.74) is 0.378. The van der Waals surface area contributed by atoms with E-state index in [-0.39, 0.29) is 5.75 Å². The van der Waals surface area contributed by atoms with Gasteiger partial charge in [-0.15, -0.1) is 8.42 Å². The number of hydrogen-bond donors (Lipinski definition) is 1. The zero-order valence-electron chi connectivity index (χ0n) is 7.87. The molecular formula is C7H6O7S2. The van der Waals surface area contributed by atoms with Crippen molar-refractivity contribution < 1.29 is 29.8 Å². The minimum Gasteiger partial charge on any atom is -0.348 e. The van der Waals surface area contributed by atoms with Crippen molar-refractivity contribution in [3.05, 3.63) is 17.7 Å². The van der Waals surface area contributed by atoms with Crippen LogP contribution in [-0.4, -0.2) is 21.4 Å². The summed E-state index contributed by atoms with van der Waals surface area (Å²) in [7, 11) is -8.85. The maximum atomic E-state index is 11.0. The lowest BCUT2D eigenvalue weighted by Gasteiger charge is -2.02. The molecule has 16 heavy (non-hydrogen) atoms. The highest BCUT2D eigenvalue weighted by atomic mass is 32.3. The Balaban J connectivity index is 2.78. The average Bonchev–Trinajstić information content (AvgIpc) is 2.39. The van der Waals surface area contributed by atoms with Gasteiger partial charge in [0.15, 0.2) is 5.75 Å². The molecule has 0 aromatic heterocycles. The second-order valence-corrected chi connectivity index (χ2v) is 5.63. The minimum atomic E-state index is -4.56. The predicted molar refractivity (Wildman–Crippen MR) is 51.2 cm³/mol. The van der Waals surface area contributed by atoms with Crippen LogP contribution < -0.4 is 8.37 Å². The molecule has 1 aromatic rings. The molecule has 0 saturated carbocycles. The molecule has 0 aliphatic carbocycles. The summed E-state index contributed by atoms with van der Waals surface area (Å²) in [6.45, 7) is 1.51. The third-order valence-corrected chi connectivity index (χ3v) is 3.54. The third-order valence-electron chi connectivity index (χ3n) is 1.92. The Morgan fingerprint density at radius 2 is 1.75 bits per heavy atom. The van der Waals surface area contributed by atoms with Gasteiger partial charge in [0.25, 0.3) is 10.1 Å². The molecule has 0 amide bonds. The van der Waals surface area contributed by atoms with Crippen LogP contribution in [0, 0.1) is 6.92 Å². The molecule has 7 nitrogen and oxygen atoms in total. The van der Waals surface area contributed by atoms with E-state index in [0.29, 0.717) is 5.56 Å². The Morgan fingerprint density at radius 3 is 2.31 bits per heavy atom. The standard InChI is InChI=1S/C7H6O7S2/c1-4-2-3-5(15(8,9)10)7-6(4)13-16(11,12)14-7/h2-3H,1H3,(H,8,9,10). The third kappa shape index (κ3) is 1.72. The monoisotopic (exact) mass is 266 g/mol. The Labute approximate surface area is 91.7 Å². The van der Waals surface area contributed by atoms with Crippen LogP contribution in [0.15, 0.2) is 17.0 Å². The lowest BCUT2D eigenvalue weighted by Crippen LogP contribution is -2.09. The molecule has 0 fully saturated rings. The number of fused-ring (bicyclic) bond motifs is 1. The molecule has 1 aliphatic heterocycles. The van der Waals surface area contributed by atoms with Crippen molar-refractivity contribution in [1.29, 1.82) is 0 Å². The zero-order valence-corrected chi connectivity index (χ0v) is 9.50. The van der Waals surface area contributed by atoms with E-state index in [1.807, 2.05) is 0 Å². The highest BCUT2D eigenvalue weighted by molar-refractivity contribution is 7.86. The van der Waals surface area contributed by atoms with Crippen LogP contribution in [0.5, 0.6) is 11.5 Å². The van der Waals surface area contributed by atoms with Crippen LogP contribution in [0.25, 0.3) is 0 Å². The summed E-state index contributed by atoms with van der Waals surface area (Å²) in [6, 6.07) is 2.33. The van der Waals surface area contributed by atoms with Crippen molar-refractivity contribution in [2.45, 2.75) is 11.8 Å². The van der Waals surface area contributed by atoms with Crippen molar-refractivity contribution in [1.82, 2.24) is 0 Å². The quantitative estimate of drug-likeness (QED) is 0.726. The Kier molecular flexibility index (Phi) is 2.16. The minimum absolute atomic E-state index is 0.227. The zero-order chi connectivity index (χ0) is 12.1. The van der Waals surface area contributed by atoms with E-state index < -0.39 is 31.2 Å². The van der Waals surface area contributed by atoms with E-state index in [4.69, 9.17) is 4.55 Å². The van der Waals surface area contributed by atoms with Gasteiger partial charge in [-0.1, -0.05) is 6.07 Å². The van der Waals surface area contributed by atoms with Crippen molar-refractivity contribution in [2.24, 2.45) is 0 Å². The maximum absolute atomic E-state index is 11.0. The van der Waals surface area contributed by atoms with Gasteiger partial charge in [0.1, 0.15) is 4.90 Å². The molecule has 0 radical (unpaired) electrons. The van der Waals surface area contributed by atoms with E-state index in [1.54, 1.807) is 0 Å². The Hall–Kier alpha value is -1.32. The van der Waals surface area contributed by atoms with Crippen LogP contribution in [0.2, 0.25) is 0 Å². The highest BCUT2D eigenvalue weighted by Crippen LogP contribution is 2.43. The lowest BCUT2D eigenvalue weighted by atomic mass is 10.2. The fraction of sp³-hybridized carbons (Fsp3) is 0.143. The predicted octanol–water partition coefficient (Wildman–Crippen LogP) is 0.258. The average molecular weight is 266 g/mol. The van der Waals surface area contributed by atoms with Gasteiger partial charge in [-0.2, -0.15) is 8.42 Å². The van der Waals surface area contributed by atoms with Crippen LogP contribution in [0.3, 0.4) is 0 Å². The van der Waals surface area contributed by atoms with E-state index in [2.05, 4.69) is 8.37 Å². The number of benzene rings is 1. The molecule has 1 N–H and O–H groups in total. The van der Waals surface area contributed by atoms with Crippen LogP contribution in [0.1, 0.15) is 5.56 Å². The SMILES string of the molecule is Cc1ccc(S(=O)(=O)O)c2c1OS(=O)(=O)O2. The molecule has 0 unspecified atom stereocenters. The first-order valence-corrected chi connectivity index (χ1v) is 6.73.